The van der Waals surface area contributed by atoms with E-state index in [0.717, 1.165) is 54.9 Å². The summed E-state index contributed by atoms with van der Waals surface area (Å²) < 4.78 is 7.33. The first-order valence-corrected chi connectivity index (χ1v) is 10.6. The second kappa shape index (κ2) is 8.83. The van der Waals surface area contributed by atoms with Gasteiger partial charge in [-0.1, -0.05) is 18.2 Å². The van der Waals surface area contributed by atoms with Crippen LogP contribution in [0.4, 0.5) is 5.69 Å². The van der Waals surface area contributed by atoms with Crippen LogP contribution in [0.3, 0.4) is 0 Å². The van der Waals surface area contributed by atoms with Crippen LogP contribution in [-0.2, 0) is 17.8 Å². The number of aromatic nitrogens is 3. The zero-order valence-corrected chi connectivity index (χ0v) is 17.9. The quantitative estimate of drug-likeness (QED) is 0.653. The third-order valence-corrected chi connectivity index (χ3v) is 5.80. The zero-order valence-electron chi connectivity index (χ0n) is 17.9. The normalized spacial score (nSPS) is 14.8. The standard InChI is InChI=1S/C23H29N5O2/c1-4-28-22-19(14-26-28)21(27-18-7-9-30-10-8-18)20(13-24-22)23(29)25-12-17-6-5-15(2)16(3)11-17/h5-6,11,13-14,18H,4,7-10,12H2,1-3H3,(H,24,27)(H,25,29). The molecule has 0 unspecified atom stereocenters. The molecule has 7 nitrogen and oxygen atoms in total. The predicted molar refractivity (Wildman–Crippen MR) is 118 cm³/mol. The number of ether oxygens (including phenoxy) is 1. The van der Waals surface area contributed by atoms with Gasteiger partial charge in [0.25, 0.3) is 5.91 Å². The van der Waals surface area contributed by atoms with Crippen molar-refractivity contribution in [2.75, 3.05) is 18.5 Å². The predicted octanol–water partition coefficient (Wildman–Crippen LogP) is 3.59. The average molecular weight is 408 g/mol. The van der Waals surface area contributed by atoms with Crippen molar-refractivity contribution in [2.24, 2.45) is 0 Å². The highest BCUT2D eigenvalue weighted by Gasteiger charge is 2.22. The molecule has 3 aromatic rings. The maximum absolute atomic E-state index is 13.1. The van der Waals surface area contributed by atoms with Gasteiger partial charge < -0.3 is 15.4 Å². The molecule has 1 aromatic carbocycles. The molecule has 4 rings (SSSR count). The van der Waals surface area contributed by atoms with E-state index in [1.54, 1.807) is 12.4 Å². The van der Waals surface area contributed by atoms with E-state index < -0.39 is 0 Å². The molecular formula is C23H29N5O2. The molecule has 1 fully saturated rings. The highest BCUT2D eigenvalue weighted by molar-refractivity contribution is 6.06. The van der Waals surface area contributed by atoms with Crippen molar-refractivity contribution < 1.29 is 9.53 Å². The maximum atomic E-state index is 13.1. The van der Waals surface area contributed by atoms with E-state index >= 15 is 0 Å². The van der Waals surface area contributed by atoms with Crippen molar-refractivity contribution in [3.8, 4) is 0 Å². The van der Waals surface area contributed by atoms with Crippen LogP contribution < -0.4 is 10.6 Å². The van der Waals surface area contributed by atoms with Crippen LogP contribution in [0, 0.1) is 13.8 Å². The zero-order chi connectivity index (χ0) is 21.1. The number of aryl methyl sites for hydroxylation is 3. The minimum atomic E-state index is -0.138. The Bertz CT molecular complexity index is 1050. The third kappa shape index (κ3) is 4.16. The van der Waals surface area contributed by atoms with Gasteiger partial charge in [0, 0.05) is 38.5 Å². The van der Waals surface area contributed by atoms with Gasteiger partial charge in [-0.25, -0.2) is 9.67 Å². The number of carbonyl (C=O) groups excluding carboxylic acids is 1. The fraction of sp³-hybridized carbons (Fsp3) is 0.435. The lowest BCUT2D eigenvalue weighted by Crippen LogP contribution is -2.30. The van der Waals surface area contributed by atoms with E-state index in [9.17, 15) is 4.79 Å². The smallest absolute Gasteiger partial charge is 0.255 e. The van der Waals surface area contributed by atoms with E-state index in [0.29, 0.717) is 12.1 Å². The van der Waals surface area contributed by atoms with Crippen molar-refractivity contribution in [2.45, 2.75) is 52.7 Å². The van der Waals surface area contributed by atoms with Crippen LogP contribution in [-0.4, -0.2) is 39.9 Å². The van der Waals surface area contributed by atoms with Gasteiger partial charge in [-0.3, -0.25) is 4.79 Å². The largest absolute Gasteiger partial charge is 0.381 e. The molecule has 0 radical (unpaired) electrons. The minimum absolute atomic E-state index is 0.138. The molecule has 2 aromatic heterocycles. The van der Waals surface area contributed by atoms with Gasteiger partial charge in [-0.05, 0) is 50.3 Å². The van der Waals surface area contributed by atoms with E-state index in [4.69, 9.17) is 4.74 Å². The van der Waals surface area contributed by atoms with Crippen LogP contribution in [0.5, 0.6) is 0 Å². The molecule has 2 N–H and O–H groups in total. The molecule has 1 saturated heterocycles. The molecule has 158 valence electrons. The molecule has 30 heavy (non-hydrogen) atoms. The summed E-state index contributed by atoms with van der Waals surface area (Å²) in [6, 6.07) is 6.52. The summed E-state index contributed by atoms with van der Waals surface area (Å²) >= 11 is 0. The van der Waals surface area contributed by atoms with Crippen molar-refractivity contribution in [3.05, 3.63) is 52.8 Å². The molecule has 7 heteroatoms. The molecule has 0 bridgehead atoms. The number of hydrogen-bond acceptors (Lipinski definition) is 5. The number of nitrogens with zero attached hydrogens (tertiary/aromatic N) is 3. The van der Waals surface area contributed by atoms with Gasteiger partial charge >= 0.3 is 0 Å². The van der Waals surface area contributed by atoms with Gasteiger partial charge in [-0.15, -0.1) is 0 Å². The molecule has 0 atom stereocenters. The van der Waals surface area contributed by atoms with E-state index in [1.807, 2.05) is 11.6 Å². The van der Waals surface area contributed by atoms with Crippen LogP contribution in [0.25, 0.3) is 11.0 Å². The first-order chi connectivity index (χ1) is 14.6. The Morgan fingerprint density at radius 1 is 1.20 bits per heavy atom. The number of nitrogens with one attached hydrogen (secondary N) is 2. The van der Waals surface area contributed by atoms with E-state index in [2.05, 4.69) is 52.8 Å². The van der Waals surface area contributed by atoms with Gasteiger partial charge in [0.2, 0.25) is 0 Å². The van der Waals surface area contributed by atoms with Gasteiger partial charge in [0.15, 0.2) is 5.65 Å². The minimum Gasteiger partial charge on any atom is -0.381 e. The lowest BCUT2D eigenvalue weighted by atomic mass is 10.1. The first-order valence-electron chi connectivity index (χ1n) is 10.6. The summed E-state index contributed by atoms with van der Waals surface area (Å²) in [4.78, 5) is 17.7. The second-order valence-electron chi connectivity index (χ2n) is 7.88. The van der Waals surface area contributed by atoms with Crippen LogP contribution in [0.1, 0.15) is 46.8 Å². The van der Waals surface area contributed by atoms with Crippen LogP contribution in [0.2, 0.25) is 0 Å². The van der Waals surface area contributed by atoms with Crippen molar-refractivity contribution in [1.29, 1.82) is 0 Å². The molecule has 1 aliphatic rings. The van der Waals surface area contributed by atoms with Crippen LogP contribution >= 0.6 is 0 Å². The first kappa shape index (κ1) is 20.3. The van der Waals surface area contributed by atoms with Crippen molar-refractivity contribution >= 4 is 22.6 Å². The summed E-state index contributed by atoms with van der Waals surface area (Å²) in [5.41, 5.74) is 5.70. The van der Waals surface area contributed by atoms with Gasteiger partial charge in [-0.2, -0.15) is 5.10 Å². The number of pyridine rings is 1. The SMILES string of the molecule is CCn1ncc2c(NC3CCOCC3)c(C(=O)NCc3ccc(C)c(C)c3)cnc21. The molecule has 3 heterocycles. The van der Waals surface area contributed by atoms with Crippen molar-refractivity contribution in [1.82, 2.24) is 20.1 Å². The highest BCUT2D eigenvalue weighted by Crippen LogP contribution is 2.28. The summed E-state index contributed by atoms with van der Waals surface area (Å²) in [6.45, 7) is 8.87. The number of anilines is 1. The molecule has 0 saturated carbocycles. The topological polar surface area (TPSA) is 81.1 Å². The average Bonchev–Trinajstić information content (AvgIpc) is 3.19. The lowest BCUT2D eigenvalue weighted by molar-refractivity contribution is 0.0904. The third-order valence-electron chi connectivity index (χ3n) is 5.80. The van der Waals surface area contributed by atoms with Gasteiger partial charge in [0.1, 0.15) is 0 Å². The molecular weight excluding hydrogens is 378 g/mol. The molecule has 1 amide bonds. The molecule has 0 spiro atoms. The summed E-state index contributed by atoms with van der Waals surface area (Å²) in [5.74, 6) is -0.138. The fourth-order valence-corrected chi connectivity index (χ4v) is 3.82. The Hall–Kier alpha value is -2.93. The Morgan fingerprint density at radius 3 is 2.73 bits per heavy atom. The Balaban J connectivity index is 1.61. The Kier molecular flexibility index (Phi) is 5.99. The number of carbonyl (C=O) groups is 1. The maximum Gasteiger partial charge on any atom is 0.255 e. The van der Waals surface area contributed by atoms with E-state index in [-0.39, 0.29) is 11.9 Å². The second-order valence-corrected chi connectivity index (χ2v) is 7.88. The van der Waals surface area contributed by atoms with Crippen molar-refractivity contribution in [3.63, 3.8) is 0 Å². The number of amides is 1. The summed E-state index contributed by atoms with van der Waals surface area (Å²) in [6.07, 6.45) is 5.28. The Labute approximate surface area is 176 Å². The lowest BCUT2D eigenvalue weighted by Gasteiger charge is -2.25. The van der Waals surface area contributed by atoms with Crippen LogP contribution in [0.15, 0.2) is 30.6 Å². The number of benzene rings is 1. The number of rotatable bonds is 6. The highest BCUT2D eigenvalue weighted by atomic mass is 16.5. The van der Waals surface area contributed by atoms with E-state index in [1.165, 1.54) is 11.1 Å². The summed E-state index contributed by atoms with van der Waals surface area (Å²) in [5, 5.41) is 12.0. The molecule has 0 aliphatic carbocycles. The summed E-state index contributed by atoms with van der Waals surface area (Å²) in [7, 11) is 0. The monoisotopic (exact) mass is 407 g/mol. The van der Waals surface area contributed by atoms with Gasteiger partial charge in [0.05, 0.1) is 22.8 Å². The molecule has 1 aliphatic heterocycles. The number of fused-ring (bicyclic) bond motifs is 1. The fourth-order valence-electron chi connectivity index (χ4n) is 3.82. The number of hydrogen-bond donors (Lipinski definition) is 2. The Morgan fingerprint density at radius 2 is 2.00 bits per heavy atom.